The molecule has 8 heteroatoms. The first kappa shape index (κ1) is 16.8. The molecule has 0 saturated carbocycles. The second-order valence-electron chi connectivity index (χ2n) is 4.18. The molecule has 0 aliphatic carbocycles. The van der Waals surface area contributed by atoms with Crippen molar-refractivity contribution in [1.29, 1.82) is 0 Å². The van der Waals surface area contributed by atoms with Crippen LogP contribution < -0.4 is 4.72 Å². The molecule has 20 heavy (non-hydrogen) atoms. The summed E-state index contributed by atoms with van der Waals surface area (Å²) in [5, 5.41) is 10.4. The predicted molar refractivity (Wildman–Crippen MR) is 79.7 cm³/mol. The van der Waals surface area contributed by atoms with Gasteiger partial charge in [0.15, 0.2) is 0 Å². The number of nitrogens with one attached hydrogen (secondary N) is 1. The largest absolute Gasteiger partial charge is 0.478 e. The fourth-order valence-corrected chi connectivity index (χ4v) is 3.20. The Labute approximate surface area is 122 Å². The van der Waals surface area contributed by atoms with Crippen LogP contribution in [-0.2, 0) is 21.5 Å². The first-order chi connectivity index (χ1) is 9.35. The lowest BCUT2D eigenvalue weighted by Gasteiger charge is -2.16. The van der Waals surface area contributed by atoms with E-state index in [4.69, 9.17) is 5.11 Å². The van der Waals surface area contributed by atoms with E-state index in [2.05, 4.69) is 4.72 Å². The van der Waals surface area contributed by atoms with Crippen LogP contribution in [0.5, 0.6) is 0 Å². The highest BCUT2D eigenvalue weighted by Crippen LogP contribution is 2.18. The van der Waals surface area contributed by atoms with E-state index in [9.17, 15) is 13.2 Å². The number of hydrogen-bond acceptors (Lipinski definition) is 4. The third kappa shape index (κ3) is 5.41. The third-order valence-corrected chi connectivity index (χ3v) is 4.88. The minimum atomic E-state index is -3.46. The Balaban J connectivity index is 2.67. The Morgan fingerprint density at radius 2 is 2.25 bits per heavy atom. The fourth-order valence-electron chi connectivity index (χ4n) is 1.40. The molecule has 0 bridgehead atoms. The lowest BCUT2D eigenvalue weighted by Crippen LogP contribution is -2.37. The Kier molecular flexibility index (Phi) is 6.34. The molecule has 6 nitrogen and oxygen atoms in total. The van der Waals surface area contributed by atoms with Crippen LogP contribution in [0.2, 0.25) is 0 Å². The van der Waals surface area contributed by atoms with Gasteiger partial charge in [0.25, 0.3) is 10.2 Å². The van der Waals surface area contributed by atoms with Crippen LogP contribution in [0.15, 0.2) is 17.5 Å². The number of hydrogen-bond donors (Lipinski definition) is 2. The Morgan fingerprint density at radius 1 is 1.55 bits per heavy atom. The standard InChI is InChI=1S/C12H18N2O4S2/c1-3-6-13-20(17,18)14(2)8-10-7-11(19-9-10)4-5-12(15)16/h4-5,7,9,13H,3,6,8H2,1-2H3,(H,15,16)/b5-4+. The number of carbonyl (C=O) groups is 1. The second kappa shape index (κ2) is 7.53. The van der Waals surface area contributed by atoms with Crippen LogP contribution in [0.3, 0.4) is 0 Å². The highest BCUT2D eigenvalue weighted by Gasteiger charge is 2.17. The molecule has 1 heterocycles. The Bertz CT molecular complexity index is 578. The molecule has 0 radical (unpaired) electrons. The highest BCUT2D eigenvalue weighted by atomic mass is 32.2. The molecular formula is C12H18N2O4S2. The van der Waals surface area contributed by atoms with Gasteiger partial charge in [0, 0.05) is 31.1 Å². The highest BCUT2D eigenvalue weighted by molar-refractivity contribution is 7.87. The van der Waals surface area contributed by atoms with Gasteiger partial charge in [0.2, 0.25) is 0 Å². The van der Waals surface area contributed by atoms with E-state index in [1.54, 1.807) is 6.07 Å². The molecule has 112 valence electrons. The molecule has 0 spiro atoms. The zero-order valence-electron chi connectivity index (χ0n) is 11.4. The van der Waals surface area contributed by atoms with Crippen molar-refractivity contribution < 1.29 is 18.3 Å². The predicted octanol–water partition coefficient (Wildman–Crippen LogP) is 1.52. The van der Waals surface area contributed by atoms with Crippen LogP contribution in [-0.4, -0.2) is 37.4 Å². The van der Waals surface area contributed by atoms with Crippen LogP contribution in [0.25, 0.3) is 6.08 Å². The molecule has 0 fully saturated rings. The molecule has 1 aromatic rings. The van der Waals surface area contributed by atoms with Gasteiger partial charge in [0.05, 0.1) is 0 Å². The monoisotopic (exact) mass is 318 g/mol. The van der Waals surface area contributed by atoms with Gasteiger partial charge < -0.3 is 5.11 Å². The topological polar surface area (TPSA) is 86.7 Å². The summed E-state index contributed by atoms with van der Waals surface area (Å²) in [5.74, 6) is -1.01. The smallest absolute Gasteiger partial charge is 0.328 e. The van der Waals surface area contributed by atoms with Gasteiger partial charge in [-0.05, 0) is 29.5 Å². The minimum absolute atomic E-state index is 0.246. The summed E-state index contributed by atoms with van der Waals surface area (Å²) in [4.78, 5) is 11.2. The van der Waals surface area contributed by atoms with Crippen molar-refractivity contribution in [3.8, 4) is 0 Å². The molecule has 0 aromatic carbocycles. The van der Waals surface area contributed by atoms with Crippen LogP contribution in [0.4, 0.5) is 0 Å². The summed E-state index contributed by atoms with van der Waals surface area (Å²) in [7, 11) is -1.96. The van der Waals surface area contributed by atoms with Gasteiger partial charge in [-0.15, -0.1) is 11.3 Å². The van der Waals surface area contributed by atoms with Crippen molar-refractivity contribution in [3.05, 3.63) is 28.0 Å². The maximum Gasteiger partial charge on any atom is 0.328 e. The van der Waals surface area contributed by atoms with E-state index in [0.29, 0.717) is 6.54 Å². The van der Waals surface area contributed by atoms with Crippen molar-refractivity contribution in [3.63, 3.8) is 0 Å². The third-order valence-electron chi connectivity index (χ3n) is 2.41. The van der Waals surface area contributed by atoms with Gasteiger partial charge >= 0.3 is 5.97 Å². The maximum absolute atomic E-state index is 11.8. The summed E-state index contributed by atoms with van der Waals surface area (Å²) in [6, 6.07) is 1.77. The van der Waals surface area contributed by atoms with Crippen molar-refractivity contribution in [2.45, 2.75) is 19.9 Å². The number of aliphatic carboxylic acids is 1. The van der Waals surface area contributed by atoms with Crippen molar-refractivity contribution in [1.82, 2.24) is 9.03 Å². The number of rotatable bonds is 8. The van der Waals surface area contributed by atoms with Crippen LogP contribution >= 0.6 is 11.3 Å². The average Bonchev–Trinajstić information content (AvgIpc) is 2.81. The second-order valence-corrected chi connectivity index (χ2v) is 6.99. The van der Waals surface area contributed by atoms with E-state index in [0.717, 1.165) is 22.9 Å². The van der Waals surface area contributed by atoms with E-state index >= 15 is 0 Å². The van der Waals surface area contributed by atoms with Gasteiger partial charge in [0.1, 0.15) is 0 Å². The van der Waals surface area contributed by atoms with Crippen LogP contribution in [0.1, 0.15) is 23.8 Å². The molecule has 0 saturated heterocycles. The molecule has 1 rings (SSSR count). The lowest BCUT2D eigenvalue weighted by molar-refractivity contribution is -0.131. The molecule has 1 aromatic heterocycles. The summed E-state index contributed by atoms with van der Waals surface area (Å²) in [6.07, 6.45) is 3.27. The van der Waals surface area contributed by atoms with E-state index in [1.165, 1.54) is 28.8 Å². The van der Waals surface area contributed by atoms with Gasteiger partial charge in [-0.3, -0.25) is 0 Å². The quantitative estimate of drug-likeness (QED) is 0.712. The van der Waals surface area contributed by atoms with E-state index in [-0.39, 0.29) is 6.54 Å². The van der Waals surface area contributed by atoms with Crippen LogP contribution in [0, 0.1) is 0 Å². The fraction of sp³-hybridized carbons (Fsp3) is 0.417. The normalized spacial score (nSPS) is 12.3. The molecule has 0 amide bonds. The number of nitrogens with zero attached hydrogens (tertiary/aromatic N) is 1. The Morgan fingerprint density at radius 3 is 2.85 bits per heavy atom. The van der Waals surface area contributed by atoms with Gasteiger partial charge in [-0.2, -0.15) is 12.7 Å². The SMILES string of the molecule is CCCNS(=O)(=O)N(C)Cc1csc(/C=C/C(=O)O)c1. The summed E-state index contributed by atoms with van der Waals surface area (Å²) in [5.41, 5.74) is 0.824. The molecule has 0 unspecified atom stereocenters. The van der Waals surface area contributed by atoms with E-state index in [1.807, 2.05) is 12.3 Å². The van der Waals surface area contributed by atoms with E-state index < -0.39 is 16.2 Å². The Hall–Kier alpha value is -1.22. The summed E-state index contributed by atoms with van der Waals surface area (Å²) >= 11 is 1.37. The molecule has 2 N–H and O–H groups in total. The first-order valence-corrected chi connectivity index (χ1v) is 8.36. The molecule has 0 aliphatic rings. The van der Waals surface area contributed by atoms with Gasteiger partial charge in [-0.25, -0.2) is 9.52 Å². The average molecular weight is 318 g/mol. The molecule has 0 aliphatic heterocycles. The first-order valence-electron chi connectivity index (χ1n) is 6.04. The van der Waals surface area contributed by atoms with Gasteiger partial charge in [-0.1, -0.05) is 6.92 Å². The molecular weight excluding hydrogens is 300 g/mol. The summed E-state index contributed by atoms with van der Waals surface area (Å²) in [6.45, 7) is 2.54. The molecule has 0 atom stereocenters. The number of carboxylic acid groups (broad SMARTS) is 1. The zero-order chi connectivity index (χ0) is 15.2. The number of thiophene rings is 1. The van der Waals surface area contributed by atoms with Crippen molar-refractivity contribution in [2.24, 2.45) is 0 Å². The summed E-state index contributed by atoms with van der Waals surface area (Å²) < 4.78 is 27.4. The zero-order valence-corrected chi connectivity index (χ0v) is 13.0. The lowest BCUT2D eigenvalue weighted by atomic mass is 10.3. The number of carboxylic acids is 1. The maximum atomic E-state index is 11.8. The van der Waals surface area contributed by atoms with Crippen molar-refractivity contribution >= 4 is 33.6 Å². The minimum Gasteiger partial charge on any atom is -0.478 e. The van der Waals surface area contributed by atoms with Crippen molar-refractivity contribution in [2.75, 3.05) is 13.6 Å².